The van der Waals surface area contributed by atoms with Crippen molar-refractivity contribution >= 4 is 16.8 Å². The maximum atomic E-state index is 12.8. The van der Waals surface area contributed by atoms with Crippen LogP contribution in [-0.4, -0.2) is 24.0 Å². The molecular weight excluding hydrogens is 348 g/mol. The molecule has 0 fully saturated rings. The molecule has 3 rings (SSSR count). The van der Waals surface area contributed by atoms with Gasteiger partial charge >= 0.3 is 0 Å². The number of hydrogen-bond acceptors (Lipinski definition) is 2. The van der Waals surface area contributed by atoms with E-state index in [1.807, 2.05) is 25.1 Å². The van der Waals surface area contributed by atoms with Crippen LogP contribution in [0.4, 0.5) is 0 Å². The lowest BCUT2D eigenvalue weighted by Gasteiger charge is -2.21. The highest BCUT2D eigenvalue weighted by molar-refractivity contribution is 5.88. The zero-order valence-electron chi connectivity index (χ0n) is 17.2. The van der Waals surface area contributed by atoms with Crippen molar-refractivity contribution in [2.75, 3.05) is 7.11 Å². The predicted molar refractivity (Wildman–Crippen MR) is 115 cm³/mol. The summed E-state index contributed by atoms with van der Waals surface area (Å²) in [4.78, 5) is 16.2. The fourth-order valence-electron chi connectivity index (χ4n) is 3.78. The number of carbonyl (C=O) groups is 1. The highest BCUT2D eigenvalue weighted by Crippen LogP contribution is 2.38. The van der Waals surface area contributed by atoms with E-state index in [0.717, 1.165) is 35.2 Å². The quantitative estimate of drug-likeness (QED) is 0.568. The van der Waals surface area contributed by atoms with E-state index in [-0.39, 0.29) is 17.9 Å². The van der Waals surface area contributed by atoms with Gasteiger partial charge in [0, 0.05) is 41.0 Å². The number of rotatable bonds is 8. The Morgan fingerprint density at radius 2 is 1.89 bits per heavy atom. The number of para-hydroxylation sites is 2. The number of aromatic amines is 1. The number of H-pyrrole nitrogens is 1. The van der Waals surface area contributed by atoms with Gasteiger partial charge in [-0.3, -0.25) is 4.79 Å². The van der Waals surface area contributed by atoms with Crippen molar-refractivity contribution in [3.8, 4) is 5.75 Å². The number of carbonyl (C=O) groups excluding carboxylic acids is 1. The van der Waals surface area contributed by atoms with Crippen LogP contribution in [0.5, 0.6) is 5.75 Å². The summed E-state index contributed by atoms with van der Waals surface area (Å²) < 4.78 is 5.62. The maximum Gasteiger partial charge on any atom is 0.221 e. The van der Waals surface area contributed by atoms with Crippen LogP contribution in [0.15, 0.2) is 48.7 Å². The summed E-state index contributed by atoms with van der Waals surface area (Å²) in [6, 6.07) is 14.5. The first-order chi connectivity index (χ1) is 13.6. The molecule has 0 saturated heterocycles. The van der Waals surface area contributed by atoms with Gasteiger partial charge in [-0.15, -0.1) is 0 Å². The Balaban J connectivity index is 2.08. The van der Waals surface area contributed by atoms with E-state index in [2.05, 4.69) is 54.6 Å². The summed E-state index contributed by atoms with van der Waals surface area (Å²) in [6.07, 6.45) is 4.31. The van der Waals surface area contributed by atoms with Gasteiger partial charge in [0.15, 0.2) is 0 Å². The molecule has 3 aromatic rings. The molecule has 2 N–H and O–H groups in total. The topological polar surface area (TPSA) is 54.1 Å². The largest absolute Gasteiger partial charge is 0.496 e. The van der Waals surface area contributed by atoms with Crippen LogP contribution in [-0.2, 0) is 11.2 Å². The Morgan fingerprint density at radius 1 is 1.11 bits per heavy atom. The molecule has 0 bridgehead atoms. The highest BCUT2D eigenvalue weighted by atomic mass is 16.5. The van der Waals surface area contributed by atoms with Gasteiger partial charge in [-0.05, 0) is 37.0 Å². The first kappa shape index (κ1) is 20.0. The minimum absolute atomic E-state index is 0.0613. The Kier molecular flexibility index (Phi) is 6.40. The highest BCUT2D eigenvalue weighted by Gasteiger charge is 2.25. The molecule has 0 saturated carbocycles. The number of hydrogen-bond donors (Lipinski definition) is 2. The molecule has 1 heterocycles. The van der Waals surface area contributed by atoms with Crippen LogP contribution in [0.3, 0.4) is 0 Å². The molecule has 1 amide bonds. The molecule has 0 radical (unpaired) electrons. The molecule has 148 valence electrons. The van der Waals surface area contributed by atoms with Crippen molar-refractivity contribution in [2.24, 2.45) is 0 Å². The Hall–Kier alpha value is -2.75. The summed E-state index contributed by atoms with van der Waals surface area (Å²) in [7, 11) is 1.68. The second-order valence-electron chi connectivity index (χ2n) is 7.31. The molecule has 0 aliphatic heterocycles. The fraction of sp³-hybridized carbons (Fsp3) is 0.375. The van der Waals surface area contributed by atoms with Crippen molar-refractivity contribution in [3.63, 3.8) is 0 Å². The second-order valence-corrected chi connectivity index (χ2v) is 7.31. The van der Waals surface area contributed by atoms with Crippen LogP contribution in [0, 0.1) is 0 Å². The van der Waals surface area contributed by atoms with E-state index in [4.69, 9.17) is 4.74 Å². The summed E-state index contributed by atoms with van der Waals surface area (Å²) in [5.41, 5.74) is 4.61. The van der Waals surface area contributed by atoms with Gasteiger partial charge in [-0.1, -0.05) is 50.2 Å². The van der Waals surface area contributed by atoms with Gasteiger partial charge in [-0.25, -0.2) is 0 Å². The third-order valence-electron chi connectivity index (χ3n) is 5.51. The summed E-state index contributed by atoms with van der Waals surface area (Å²) in [5.74, 6) is 0.789. The third-order valence-corrected chi connectivity index (χ3v) is 5.51. The monoisotopic (exact) mass is 378 g/mol. The lowest BCUT2D eigenvalue weighted by Crippen LogP contribution is -2.33. The smallest absolute Gasteiger partial charge is 0.221 e. The Bertz CT molecular complexity index is 945. The maximum absolute atomic E-state index is 12.8. The third kappa shape index (κ3) is 4.06. The minimum atomic E-state index is -0.0823. The number of benzene rings is 2. The van der Waals surface area contributed by atoms with Crippen LogP contribution in [0.2, 0.25) is 0 Å². The van der Waals surface area contributed by atoms with Crippen molar-refractivity contribution < 1.29 is 9.53 Å². The first-order valence-electron chi connectivity index (χ1n) is 10.1. The van der Waals surface area contributed by atoms with E-state index < -0.39 is 0 Å². The number of aromatic nitrogens is 1. The summed E-state index contributed by atoms with van der Waals surface area (Å²) >= 11 is 0. The summed E-state index contributed by atoms with van der Waals surface area (Å²) in [5, 5.41) is 4.28. The lowest BCUT2D eigenvalue weighted by molar-refractivity contribution is -0.121. The van der Waals surface area contributed by atoms with Gasteiger partial charge in [0.1, 0.15) is 5.75 Å². The van der Waals surface area contributed by atoms with Crippen LogP contribution in [0.1, 0.15) is 56.2 Å². The van der Waals surface area contributed by atoms with E-state index in [0.29, 0.717) is 6.42 Å². The molecule has 0 unspecified atom stereocenters. The number of fused-ring (bicyclic) bond motifs is 1. The average Bonchev–Trinajstić information content (AvgIpc) is 3.15. The lowest BCUT2D eigenvalue weighted by atomic mass is 9.87. The number of nitrogens with one attached hydrogen (secondary N) is 2. The average molecular weight is 379 g/mol. The normalized spacial score (nSPS) is 13.3. The Morgan fingerprint density at radius 3 is 2.61 bits per heavy atom. The van der Waals surface area contributed by atoms with Gasteiger partial charge in [-0.2, -0.15) is 0 Å². The van der Waals surface area contributed by atoms with Gasteiger partial charge < -0.3 is 15.0 Å². The minimum Gasteiger partial charge on any atom is -0.496 e. The molecule has 0 aliphatic carbocycles. The van der Waals surface area contributed by atoms with E-state index in [1.54, 1.807) is 7.11 Å². The number of ether oxygens (including phenoxy) is 1. The number of amides is 1. The molecule has 2 atom stereocenters. The SMILES string of the molecule is CCc1cccc2c([C@@H](CC(=O)N[C@@H](C)CC)c3ccccc3OC)c[nH]c12. The van der Waals surface area contributed by atoms with Gasteiger partial charge in [0.25, 0.3) is 0 Å². The van der Waals surface area contributed by atoms with E-state index in [9.17, 15) is 4.79 Å². The fourth-order valence-corrected chi connectivity index (χ4v) is 3.78. The second kappa shape index (κ2) is 8.96. The zero-order chi connectivity index (χ0) is 20.1. The molecule has 1 aromatic heterocycles. The molecule has 0 aliphatic rings. The molecule has 0 spiro atoms. The van der Waals surface area contributed by atoms with Crippen LogP contribution >= 0.6 is 0 Å². The van der Waals surface area contributed by atoms with Crippen molar-refractivity contribution in [2.45, 2.75) is 52.0 Å². The molecule has 4 heteroatoms. The zero-order valence-corrected chi connectivity index (χ0v) is 17.2. The van der Waals surface area contributed by atoms with Crippen molar-refractivity contribution in [1.29, 1.82) is 0 Å². The van der Waals surface area contributed by atoms with Gasteiger partial charge in [0.05, 0.1) is 7.11 Å². The van der Waals surface area contributed by atoms with E-state index in [1.165, 1.54) is 10.9 Å². The molecule has 2 aromatic carbocycles. The van der Waals surface area contributed by atoms with Crippen molar-refractivity contribution in [3.05, 3.63) is 65.4 Å². The number of methoxy groups -OCH3 is 1. The first-order valence-corrected chi connectivity index (χ1v) is 10.1. The van der Waals surface area contributed by atoms with Crippen LogP contribution < -0.4 is 10.1 Å². The van der Waals surface area contributed by atoms with E-state index >= 15 is 0 Å². The standard InChI is InChI=1S/C24H30N2O2/c1-5-16(3)26-23(27)14-20(18-11-7-8-13-22(18)28-4)21-15-25-24-17(6-2)10-9-12-19(21)24/h7-13,15-16,20,25H,5-6,14H2,1-4H3,(H,26,27)/t16-,20-/m0/s1. The molecular formula is C24H30N2O2. The number of aryl methyl sites for hydroxylation is 1. The molecule has 4 nitrogen and oxygen atoms in total. The summed E-state index contributed by atoms with van der Waals surface area (Å²) in [6.45, 7) is 6.27. The predicted octanol–water partition coefficient (Wildman–Crippen LogP) is 5.18. The van der Waals surface area contributed by atoms with Crippen LogP contribution in [0.25, 0.3) is 10.9 Å². The Labute approximate surface area is 167 Å². The van der Waals surface area contributed by atoms with Gasteiger partial charge in [0.2, 0.25) is 5.91 Å². The van der Waals surface area contributed by atoms with Crippen molar-refractivity contribution in [1.82, 2.24) is 10.3 Å². The molecule has 28 heavy (non-hydrogen) atoms.